The van der Waals surface area contributed by atoms with E-state index in [2.05, 4.69) is 15.3 Å². The third-order valence-corrected chi connectivity index (χ3v) is 6.22. The first-order chi connectivity index (χ1) is 12.5. The second-order valence-corrected chi connectivity index (χ2v) is 8.52. The van der Waals surface area contributed by atoms with Crippen molar-refractivity contribution in [3.8, 4) is 0 Å². The van der Waals surface area contributed by atoms with Crippen molar-refractivity contribution in [2.75, 3.05) is 23.0 Å². The van der Waals surface area contributed by atoms with Crippen LogP contribution in [0.3, 0.4) is 0 Å². The molecule has 0 radical (unpaired) electrons. The van der Waals surface area contributed by atoms with Gasteiger partial charge in [0.25, 0.3) is 5.91 Å². The standard InChI is InChI=1S/C18H22N4O3S/c1-2-22(16-7-9-26(24,25)13-16)17-6-5-15(12-20-17)18(23)21-11-14-4-3-8-19-10-14/h3-6,8,10,12,16H,2,7,9,11,13H2,1H3,(H,21,23). The lowest BCUT2D eigenvalue weighted by atomic mass is 10.2. The Morgan fingerprint density at radius 2 is 2.15 bits per heavy atom. The molecule has 1 saturated heterocycles. The fourth-order valence-corrected chi connectivity index (χ4v) is 4.84. The van der Waals surface area contributed by atoms with E-state index in [0.717, 1.165) is 5.56 Å². The van der Waals surface area contributed by atoms with Gasteiger partial charge in [-0.1, -0.05) is 6.07 Å². The van der Waals surface area contributed by atoms with Gasteiger partial charge in [0, 0.05) is 37.7 Å². The Bertz CT molecular complexity index is 854. The zero-order valence-electron chi connectivity index (χ0n) is 14.6. The van der Waals surface area contributed by atoms with Gasteiger partial charge < -0.3 is 10.2 Å². The number of anilines is 1. The number of hydrogen-bond acceptors (Lipinski definition) is 6. The van der Waals surface area contributed by atoms with Gasteiger partial charge in [0.05, 0.1) is 17.1 Å². The molecule has 1 N–H and O–H groups in total. The molecule has 1 fully saturated rings. The van der Waals surface area contributed by atoms with E-state index < -0.39 is 9.84 Å². The van der Waals surface area contributed by atoms with E-state index in [-0.39, 0.29) is 23.5 Å². The number of aromatic nitrogens is 2. The van der Waals surface area contributed by atoms with Crippen molar-refractivity contribution in [2.24, 2.45) is 0 Å². The van der Waals surface area contributed by atoms with Crippen LogP contribution in [0.25, 0.3) is 0 Å². The summed E-state index contributed by atoms with van der Waals surface area (Å²) in [6.45, 7) is 3.04. The first-order valence-electron chi connectivity index (χ1n) is 8.59. The molecule has 8 heteroatoms. The fourth-order valence-electron chi connectivity index (χ4n) is 3.11. The molecule has 1 aliphatic heterocycles. The first kappa shape index (κ1) is 18.3. The molecule has 0 spiro atoms. The van der Waals surface area contributed by atoms with Crippen molar-refractivity contribution in [3.63, 3.8) is 0 Å². The van der Waals surface area contributed by atoms with Crippen molar-refractivity contribution >= 4 is 21.6 Å². The number of hydrogen-bond donors (Lipinski definition) is 1. The molecule has 0 bridgehead atoms. The van der Waals surface area contributed by atoms with E-state index in [1.54, 1.807) is 24.5 Å². The van der Waals surface area contributed by atoms with Crippen LogP contribution >= 0.6 is 0 Å². The highest BCUT2D eigenvalue weighted by molar-refractivity contribution is 7.91. The molecule has 0 aromatic carbocycles. The third kappa shape index (κ3) is 4.37. The maximum absolute atomic E-state index is 12.2. The molecular formula is C18H22N4O3S. The van der Waals surface area contributed by atoms with Gasteiger partial charge >= 0.3 is 0 Å². The molecule has 2 aromatic rings. The maximum atomic E-state index is 12.2. The van der Waals surface area contributed by atoms with E-state index in [1.165, 1.54) is 6.20 Å². The molecule has 138 valence electrons. The molecule has 0 aliphatic carbocycles. The van der Waals surface area contributed by atoms with Crippen molar-refractivity contribution in [1.29, 1.82) is 0 Å². The number of carbonyl (C=O) groups excluding carboxylic acids is 1. The van der Waals surface area contributed by atoms with Gasteiger partial charge in [0.2, 0.25) is 0 Å². The molecule has 7 nitrogen and oxygen atoms in total. The number of amides is 1. The molecule has 1 amide bonds. The van der Waals surface area contributed by atoms with Gasteiger partial charge in [0.15, 0.2) is 9.84 Å². The van der Waals surface area contributed by atoms with E-state index in [0.29, 0.717) is 30.9 Å². The van der Waals surface area contributed by atoms with E-state index in [1.807, 2.05) is 24.0 Å². The Labute approximate surface area is 153 Å². The summed E-state index contributed by atoms with van der Waals surface area (Å²) in [6, 6.07) is 7.15. The van der Waals surface area contributed by atoms with E-state index in [4.69, 9.17) is 0 Å². The molecular weight excluding hydrogens is 352 g/mol. The van der Waals surface area contributed by atoms with E-state index >= 15 is 0 Å². The Morgan fingerprint density at radius 1 is 1.31 bits per heavy atom. The summed E-state index contributed by atoms with van der Waals surface area (Å²) >= 11 is 0. The van der Waals surface area contributed by atoms with Crippen LogP contribution in [0.1, 0.15) is 29.3 Å². The largest absolute Gasteiger partial charge is 0.353 e. The summed E-state index contributed by atoms with van der Waals surface area (Å²) in [5.74, 6) is 0.872. The van der Waals surface area contributed by atoms with Gasteiger partial charge in [-0.15, -0.1) is 0 Å². The van der Waals surface area contributed by atoms with Crippen LogP contribution in [0.5, 0.6) is 0 Å². The lowest BCUT2D eigenvalue weighted by molar-refractivity contribution is 0.0950. The van der Waals surface area contributed by atoms with Crippen molar-refractivity contribution in [2.45, 2.75) is 25.9 Å². The zero-order chi connectivity index (χ0) is 18.6. The van der Waals surface area contributed by atoms with E-state index in [9.17, 15) is 13.2 Å². The van der Waals surface area contributed by atoms with Crippen LogP contribution in [0.15, 0.2) is 42.9 Å². The normalized spacial score (nSPS) is 18.4. The molecule has 3 heterocycles. The fraction of sp³-hybridized carbons (Fsp3) is 0.389. The predicted molar refractivity (Wildman–Crippen MR) is 99.7 cm³/mol. The number of carbonyl (C=O) groups is 1. The Morgan fingerprint density at radius 3 is 2.73 bits per heavy atom. The minimum atomic E-state index is -2.95. The Hall–Kier alpha value is -2.48. The third-order valence-electron chi connectivity index (χ3n) is 4.47. The summed E-state index contributed by atoms with van der Waals surface area (Å²) < 4.78 is 23.4. The molecule has 1 aliphatic rings. The number of sulfone groups is 1. The monoisotopic (exact) mass is 374 g/mol. The number of rotatable bonds is 6. The van der Waals surface area contributed by atoms with Gasteiger partial charge in [0.1, 0.15) is 5.82 Å². The summed E-state index contributed by atoms with van der Waals surface area (Å²) in [4.78, 5) is 22.6. The number of pyridine rings is 2. The van der Waals surface area contributed by atoms with Gasteiger partial charge in [-0.25, -0.2) is 13.4 Å². The second kappa shape index (κ2) is 7.82. The average Bonchev–Trinajstić information content (AvgIpc) is 3.01. The van der Waals surface area contributed by atoms with Crippen molar-refractivity contribution < 1.29 is 13.2 Å². The minimum Gasteiger partial charge on any atom is -0.353 e. The van der Waals surface area contributed by atoms with Crippen molar-refractivity contribution in [3.05, 3.63) is 54.0 Å². The highest BCUT2D eigenvalue weighted by Gasteiger charge is 2.32. The number of nitrogens with zero attached hydrogens (tertiary/aromatic N) is 3. The lowest BCUT2D eigenvalue weighted by Gasteiger charge is -2.27. The van der Waals surface area contributed by atoms with Crippen LogP contribution in [0, 0.1) is 0 Å². The van der Waals surface area contributed by atoms with Gasteiger partial charge in [-0.05, 0) is 37.1 Å². The highest BCUT2D eigenvalue weighted by atomic mass is 32.2. The lowest BCUT2D eigenvalue weighted by Crippen LogP contribution is -2.36. The molecule has 26 heavy (non-hydrogen) atoms. The maximum Gasteiger partial charge on any atom is 0.253 e. The number of nitrogens with one attached hydrogen (secondary N) is 1. The Balaban J connectivity index is 1.64. The zero-order valence-corrected chi connectivity index (χ0v) is 15.4. The molecule has 2 aromatic heterocycles. The van der Waals surface area contributed by atoms with Crippen LogP contribution in [0.2, 0.25) is 0 Å². The summed E-state index contributed by atoms with van der Waals surface area (Å²) in [5, 5.41) is 2.83. The van der Waals surface area contributed by atoms with Crippen LogP contribution < -0.4 is 10.2 Å². The molecule has 3 rings (SSSR count). The summed E-state index contributed by atoms with van der Waals surface area (Å²) in [5.41, 5.74) is 1.39. The predicted octanol–water partition coefficient (Wildman–Crippen LogP) is 1.42. The highest BCUT2D eigenvalue weighted by Crippen LogP contribution is 2.22. The van der Waals surface area contributed by atoms with Crippen LogP contribution in [-0.4, -0.2) is 48.4 Å². The summed E-state index contributed by atoms with van der Waals surface area (Å²) in [6.07, 6.45) is 5.53. The molecule has 1 atom stereocenters. The van der Waals surface area contributed by atoms with Gasteiger partial charge in [-0.3, -0.25) is 9.78 Å². The topological polar surface area (TPSA) is 92.3 Å². The average molecular weight is 374 g/mol. The van der Waals surface area contributed by atoms with Gasteiger partial charge in [-0.2, -0.15) is 0 Å². The smallest absolute Gasteiger partial charge is 0.253 e. The first-order valence-corrected chi connectivity index (χ1v) is 10.4. The quantitative estimate of drug-likeness (QED) is 0.822. The Kier molecular flexibility index (Phi) is 5.51. The second-order valence-electron chi connectivity index (χ2n) is 6.29. The molecule has 0 saturated carbocycles. The summed E-state index contributed by atoms with van der Waals surface area (Å²) in [7, 11) is -2.95. The van der Waals surface area contributed by atoms with Crippen LogP contribution in [0.4, 0.5) is 5.82 Å². The van der Waals surface area contributed by atoms with Crippen LogP contribution in [-0.2, 0) is 16.4 Å². The SMILES string of the molecule is CCN(c1ccc(C(=O)NCc2cccnc2)cn1)C1CCS(=O)(=O)C1. The molecule has 1 unspecified atom stereocenters. The minimum absolute atomic E-state index is 0.0530. The van der Waals surface area contributed by atoms with Crippen molar-refractivity contribution in [1.82, 2.24) is 15.3 Å².